The summed E-state index contributed by atoms with van der Waals surface area (Å²) in [6.45, 7) is 1.85. The summed E-state index contributed by atoms with van der Waals surface area (Å²) in [4.78, 5) is 18.9. The summed E-state index contributed by atoms with van der Waals surface area (Å²) in [6, 6.07) is 12.2. The molecule has 1 N–H and O–H groups in total. The van der Waals surface area contributed by atoms with Gasteiger partial charge in [0.25, 0.3) is 5.91 Å². The second kappa shape index (κ2) is 7.31. The Morgan fingerprint density at radius 1 is 0.963 bits per heavy atom. The summed E-state index contributed by atoms with van der Waals surface area (Å²) < 4.78 is 28.4. The van der Waals surface area contributed by atoms with E-state index < -0.39 is 17.5 Å². The zero-order valence-corrected chi connectivity index (χ0v) is 14.7. The van der Waals surface area contributed by atoms with Crippen LogP contribution >= 0.6 is 0 Å². The van der Waals surface area contributed by atoms with Gasteiger partial charge < -0.3 is 10.2 Å². The Labute approximate surface area is 155 Å². The van der Waals surface area contributed by atoms with Crippen molar-refractivity contribution in [2.45, 2.75) is 19.3 Å². The van der Waals surface area contributed by atoms with Crippen molar-refractivity contribution in [1.82, 2.24) is 4.98 Å². The Balaban J connectivity index is 1.62. The maximum Gasteiger partial charge on any atom is 0.258 e. The lowest BCUT2D eigenvalue weighted by atomic mass is 10.1. The highest BCUT2D eigenvalue weighted by Gasteiger charge is 2.16. The number of piperidine rings is 1. The van der Waals surface area contributed by atoms with Crippen LogP contribution in [0.15, 0.2) is 48.5 Å². The van der Waals surface area contributed by atoms with Gasteiger partial charge in [0.05, 0.1) is 5.56 Å². The van der Waals surface area contributed by atoms with Gasteiger partial charge in [-0.25, -0.2) is 13.8 Å². The molecule has 6 heteroatoms. The van der Waals surface area contributed by atoms with Gasteiger partial charge in [-0.15, -0.1) is 0 Å². The molecule has 0 radical (unpaired) electrons. The quantitative estimate of drug-likeness (QED) is 0.726. The predicted octanol–water partition coefficient (Wildman–Crippen LogP) is 4.76. The van der Waals surface area contributed by atoms with Crippen molar-refractivity contribution in [1.29, 1.82) is 0 Å². The highest BCUT2D eigenvalue weighted by atomic mass is 19.1. The zero-order chi connectivity index (χ0) is 18.8. The van der Waals surface area contributed by atoms with E-state index in [-0.39, 0.29) is 16.8 Å². The Morgan fingerprint density at radius 2 is 1.74 bits per heavy atom. The fourth-order valence-corrected chi connectivity index (χ4v) is 3.40. The van der Waals surface area contributed by atoms with E-state index in [0.29, 0.717) is 5.39 Å². The number of anilines is 2. The molecule has 0 saturated carbocycles. The van der Waals surface area contributed by atoms with Crippen LogP contribution in [-0.2, 0) is 0 Å². The third-order valence-corrected chi connectivity index (χ3v) is 4.79. The van der Waals surface area contributed by atoms with Crippen molar-refractivity contribution in [3.05, 3.63) is 65.7 Å². The summed E-state index contributed by atoms with van der Waals surface area (Å²) in [5, 5.41) is 3.14. The Morgan fingerprint density at radius 3 is 2.52 bits per heavy atom. The van der Waals surface area contributed by atoms with Crippen molar-refractivity contribution in [3.63, 3.8) is 0 Å². The molecule has 0 atom stereocenters. The first kappa shape index (κ1) is 17.4. The van der Waals surface area contributed by atoms with E-state index in [1.54, 1.807) is 18.2 Å². The Hall–Kier alpha value is -3.02. The zero-order valence-electron chi connectivity index (χ0n) is 14.7. The van der Waals surface area contributed by atoms with Crippen LogP contribution in [0.5, 0.6) is 0 Å². The van der Waals surface area contributed by atoms with Crippen molar-refractivity contribution in [3.8, 4) is 0 Å². The SMILES string of the molecule is O=C(Nc1cc(F)c2nc(N3CCCCC3)ccc2c1)c1ccccc1F. The number of carbonyl (C=O) groups excluding carboxylic acids is 1. The Bertz CT molecular complexity index is 1000. The van der Waals surface area contributed by atoms with Crippen LogP contribution in [0, 0.1) is 11.6 Å². The van der Waals surface area contributed by atoms with Gasteiger partial charge in [0, 0.05) is 24.2 Å². The topological polar surface area (TPSA) is 45.2 Å². The molecule has 1 aliphatic rings. The number of rotatable bonds is 3. The largest absolute Gasteiger partial charge is 0.357 e. The fourth-order valence-electron chi connectivity index (χ4n) is 3.40. The molecular weight excluding hydrogens is 348 g/mol. The highest BCUT2D eigenvalue weighted by Crippen LogP contribution is 2.26. The van der Waals surface area contributed by atoms with E-state index >= 15 is 0 Å². The molecule has 2 aromatic carbocycles. The molecule has 4 rings (SSSR count). The number of amides is 1. The predicted molar refractivity (Wildman–Crippen MR) is 102 cm³/mol. The van der Waals surface area contributed by atoms with Crippen LogP contribution in [0.1, 0.15) is 29.6 Å². The first-order valence-corrected chi connectivity index (χ1v) is 9.03. The molecule has 0 spiro atoms. The van der Waals surface area contributed by atoms with E-state index in [1.807, 2.05) is 6.07 Å². The molecule has 1 aliphatic heterocycles. The molecule has 3 aromatic rings. The smallest absolute Gasteiger partial charge is 0.258 e. The molecule has 1 fully saturated rings. The number of hydrogen-bond donors (Lipinski definition) is 1. The number of pyridine rings is 1. The van der Waals surface area contributed by atoms with Gasteiger partial charge in [-0.05, 0) is 55.7 Å². The minimum atomic E-state index is -0.621. The molecule has 138 valence electrons. The summed E-state index contributed by atoms with van der Waals surface area (Å²) in [5.74, 6) is -0.992. The van der Waals surface area contributed by atoms with E-state index in [2.05, 4.69) is 15.2 Å². The minimum Gasteiger partial charge on any atom is -0.357 e. The van der Waals surface area contributed by atoms with Crippen molar-refractivity contribution < 1.29 is 13.6 Å². The molecule has 0 unspecified atom stereocenters. The van der Waals surface area contributed by atoms with Gasteiger partial charge in [0.2, 0.25) is 0 Å². The second-order valence-electron chi connectivity index (χ2n) is 6.68. The molecule has 1 amide bonds. The lowest BCUT2D eigenvalue weighted by Crippen LogP contribution is -2.30. The molecular formula is C21H19F2N3O. The Kier molecular flexibility index (Phi) is 4.71. The van der Waals surface area contributed by atoms with Gasteiger partial charge in [-0.2, -0.15) is 0 Å². The number of halogens is 2. The van der Waals surface area contributed by atoms with Gasteiger partial charge in [0.1, 0.15) is 17.2 Å². The van der Waals surface area contributed by atoms with Crippen LogP contribution in [0.4, 0.5) is 20.3 Å². The second-order valence-corrected chi connectivity index (χ2v) is 6.68. The minimum absolute atomic E-state index is 0.0865. The number of hydrogen-bond acceptors (Lipinski definition) is 3. The van der Waals surface area contributed by atoms with Gasteiger partial charge in [0.15, 0.2) is 5.82 Å². The maximum absolute atomic E-state index is 14.6. The van der Waals surface area contributed by atoms with Crippen LogP contribution in [-0.4, -0.2) is 24.0 Å². The lowest BCUT2D eigenvalue weighted by Gasteiger charge is -2.27. The number of carbonyl (C=O) groups is 1. The third-order valence-electron chi connectivity index (χ3n) is 4.79. The van der Waals surface area contributed by atoms with E-state index in [9.17, 15) is 13.6 Å². The maximum atomic E-state index is 14.6. The molecule has 0 aliphatic carbocycles. The average Bonchev–Trinajstić information content (AvgIpc) is 2.69. The first-order chi connectivity index (χ1) is 13.1. The monoisotopic (exact) mass is 367 g/mol. The molecule has 2 heterocycles. The summed E-state index contributed by atoms with van der Waals surface area (Å²) in [7, 11) is 0. The van der Waals surface area contributed by atoms with Crippen LogP contribution in [0.25, 0.3) is 10.9 Å². The number of aromatic nitrogens is 1. The van der Waals surface area contributed by atoms with E-state index in [0.717, 1.165) is 31.7 Å². The summed E-state index contributed by atoms with van der Waals surface area (Å²) >= 11 is 0. The number of fused-ring (bicyclic) bond motifs is 1. The summed E-state index contributed by atoms with van der Waals surface area (Å²) in [6.07, 6.45) is 3.44. The van der Waals surface area contributed by atoms with Gasteiger partial charge in [-0.1, -0.05) is 12.1 Å². The molecule has 1 aromatic heterocycles. The number of nitrogens with zero attached hydrogens (tertiary/aromatic N) is 2. The molecule has 4 nitrogen and oxygen atoms in total. The van der Waals surface area contributed by atoms with Gasteiger partial charge >= 0.3 is 0 Å². The van der Waals surface area contributed by atoms with Crippen LogP contribution in [0.2, 0.25) is 0 Å². The van der Waals surface area contributed by atoms with E-state index in [1.165, 1.54) is 30.7 Å². The number of nitrogens with one attached hydrogen (secondary N) is 1. The van der Waals surface area contributed by atoms with Crippen molar-refractivity contribution in [2.24, 2.45) is 0 Å². The lowest BCUT2D eigenvalue weighted by molar-refractivity contribution is 0.102. The molecule has 27 heavy (non-hydrogen) atoms. The third kappa shape index (κ3) is 3.60. The average molecular weight is 367 g/mol. The summed E-state index contributed by atoms with van der Waals surface area (Å²) in [5.41, 5.74) is 0.444. The van der Waals surface area contributed by atoms with Crippen LogP contribution in [0.3, 0.4) is 0 Å². The fraction of sp³-hybridized carbons (Fsp3) is 0.238. The van der Waals surface area contributed by atoms with Gasteiger partial charge in [-0.3, -0.25) is 4.79 Å². The number of benzene rings is 2. The van der Waals surface area contributed by atoms with Crippen LogP contribution < -0.4 is 10.2 Å². The first-order valence-electron chi connectivity index (χ1n) is 9.03. The van der Waals surface area contributed by atoms with Crippen molar-refractivity contribution in [2.75, 3.05) is 23.3 Å². The highest BCUT2D eigenvalue weighted by molar-refractivity contribution is 6.05. The standard InChI is InChI=1S/C21H19F2N3O/c22-17-7-3-2-6-16(17)21(27)24-15-12-14-8-9-19(25-20(14)18(23)13-15)26-10-4-1-5-11-26/h2-3,6-9,12-13H,1,4-5,10-11H2,(H,24,27). The molecule has 1 saturated heterocycles. The normalized spacial score (nSPS) is 14.4. The van der Waals surface area contributed by atoms with E-state index in [4.69, 9.17) is 0 Å². The molecule has 0 bridgehead atoms. The van der Waals surface area contributed by atoms with Crippen molar-refractivity contribution >= 4 is 28.3 Å².